The Morgan fingerprint density at radius 3 is 2.00 bits per heavy atom. The first-order chi connectivity index (χ1) is 9.31. The molecule has 0 aliphatic rings. The Morgan fingerprint density at radius 2 is 1.60 bits per heavy atom. The highest BCUT2D eigenvalue weighted by atomic mass is 16.4. The Morgan fingerprint density at radius 1 is 1.10 bits per heavy atom. The number of rotatable bonds is 6. The van der Waals surface area contributed by atoms with Gasteiger partial charge in [-0.15, -0.1) is 0 Å². The number of amides is 1. The molecule has 0 aliphatic carbocycles. The number of aliphatic carboxylic acids is 1. The Hall–Kier alpha value is -2.17. The minimum absolute atomic E-state index is 0.0754. The highest BCUT2D eigenvalue weighted by Crippen LogP contribution is 2.10. The summed E-state index contributed by atoms with van der Waals surface area (Å²) in [5.41, 5.74) is 0.909. The van der Waals surface area contributed by atoms with Gasteiger partial charge in [0.1, 0.15) is 6.54 Å². The van der Waals surface area contributed by atoms with Gasteiger partial charge in [0.15, 0.2) is 5.78 Å². The maximum atomic E-state index is 12.3. The average molecular weight is 277 g/mol. The van der Waals surface area contributed by atoms with Crippen molar-refractivity contribution >= 4 is 17.7 Å². The minimum atomic E-state index is -1.04. The number of hydrogen-bond donors (Lipinski definition) is 1. The monoisotopic (exact) mass is 277 g/mol. The topological polar surface area (TPSA) is 74.7 Å². The predicted octanol–water partition coefficient (Wildman–Crippen LogP) is 2.07. The molecule has 0 saturated heterocycles. The molecule has 20 heavy (non-hydrogen) atoms. The lowest BCUT2D eigenvalue weighted by Gasteiger charge is -2.22. The molecule has 0 aromatic heterocycles. The van der Waals surface area contributed by atoms with Gasteiger partial charge in [-0.2, -0.15) is 0 Å². The quantitative estimate of drug-likeness (QED) is 0.808. The van der Waals surface area contributed by atoms with E-state index in [0.717, 1.165) is 0 Å². The van der Waals surface area contributed by atoms with Crippen molar-refractivity contribution < 1.29 is 19.5 Å². The first-order valence-corrected chi connectivity index (χ1v) is 6.43. The molecule has 5 heteroatoms. The zero-order chi connectivity index (χ0) is 15.3. The Balaban J connectivity index is 2.93. The number of carboxylic acids is 1. The van der Waals surface area contributed by atoms with Gasteiger partial charge in [0, 0.05) is 17.7 Å². The number of carbonyl (C=O) groups is 3. The molecule has 0 unspecified atom stereocenters. The van der Waals surface area contributed by atoms with E-state index < -0.39 is 5.97 Å². The third kappa shape index (κ3) is 4.50. The van der Waals surface area contributed by atoms with Gasteiger partial charge in [-0.3, -0.25) is 14.4 Å². The van der Waals surface area contributed by atoms with Gasteiger partial charge in [0.25, 0.3) is 5.91 Å². The fourth-order valence-electron chi connectivity index (χ4n) is 1.85. The van der Waals surface area contributed by atoms with Crippen LogP contribution in [0.3, 0.4) is 0 Å². The molecule has 1 amide bonds. The molecule has 108 valence electrons. The van der Waals surface area contributed by atoms with Crippen molar-refractivity contribution in [2.24, 2.45) is 5.92 Å². The van der Waals surface area contributed by atoms with Crippen LogP contribution in [-0.2, 0) is 4.79 Å². The number of ketones is 1. The predicted molar refractivity (Wildman–Crippen MR) is 74.8 cm³/mol. The van der Waals surface area contributed by atoms with Gasteiger partial charge in [-0.25, -0.2) is 0 Å². The van der Waals surface area contributed by atoms with Gasteiger partial charge in [0.05, 0.1) is 0 Å². The van der Waals surface area contributed by atoms with Crippen LogP contribution in [-0.4, -0.2) is 40.8 Å². The maximum Gasteiger partial charge on any atom is 0.323 e. The molecular weight excluding hydrogens is 258 g/mol. The molecule has 1 aromatic rings. The van der Waals surface area contributed by atoms with Crippen LogP contribution in [0.5, 0.6) is 0 Å². The molecule has 0 heterocycles. The Kier molecular flexibility index (Phi) is 5.43. The van der Waals surface area contributed by atoms with E-state index in [0.29, 0.717) is 17.7 Å². The van der Waals surface area contributed by atoms with Crippen LogP contribution < -0.4 is 0 Å². The van der Waals surface area contributed by atoms with Crippen LogP contribution >= 0.6 is 0 Å². The lowest BCUT2D eigenvalue weighted by molar-refractivity contribution is -0.137. The Labute approximate surface area is 118 Å². The van der Waals surface area contributed by atoms with E-state index in [1.807, 2.05) is 13.8 Å². The number of carboxylic acid groups (broad SMARTS) is 1. The van der Waals surface area contributed by atoms with Crippen molar-refractivity contribution in [1.29, 1.82) is 0 Å². The first kappa shape index (κ1) is 15.9. The highest BCUT2D eigenvalue weighted by molar-refractivity contribution is 5.98. The fourth-order valence-corrected chi connectivity index (χ4v) is 1.85. The molecule has 0 fully saturated rings. The van der Waals surface area contributed by atoms with E-state index >= 15 is 0 Å². The van der Waals surface area contributed by atoms with Gasteiger partial charge < -0.3 is 10.0 Å². The summed E-state index contributed by atoms with van der Waals surface area (Å²) in [5, 5.41) is 8.87. The summed E-state index contributed by atoms with van der Waals surface area (Å²) in [4.78, 5) is 35.6. The molecule has 0 aliphatic heterocycles. The zero-order valence-corrected chi connectivity index (χ0v) is 11.9. The van der Waals surface area contributed by atoms with Gasteiger partial charge >= 0.3 is 5.97 Å². The summed E-state index contributed by atoms with van der Waals surface area (Å²) in [6, 6.07) is 6.25. The minimum Gasteiger partial charge on any atom is -0.480 e. The maximum absolute atomic E-state index is 12.3. The van der Waals surface area contributed by atoms with Gasteiger partial charge in [-0.05, 0) is 25.0 Å². The largest absolute Gasteiger partial charge is 0.480 e. The highest BCUT2D eigenvalue weighted by Gasteiger charge is 2.19. The van der Waals surface area contributed by atoms with Crippen molar-refractivity contribution in [1.82, 2.24) is 4.90 Å². The van der Waals surface area contributed by atoms with Crippen LogP contribution in [0, 0.1) is 5.92 Å². The van der Waals surface area contributed by atoms with Gasteiger partial charge in [0.2, 0.25) is 0 Å². The normalized spacial score (nSPS) is 10.4. The van der Waals surface area contributed by atoms with Crippen LogP contribution in [0.15, 0.2) is 24.3 Å². The van der Waals surface area contributed by atoms with Gasteiger partial charge in [-0.1, -0.05) is 26.0 Å². The summed E-state index contributed by atoms with van der Waals surface area (Å²) in [6.45, 7) is 5.33. The lowest BCUT2D eigenvalue weighted by Crippen LogP contribution is -2.38. The van der Waals surface area contributed by atoms with E-state index in [1.54, 1.807) is 24.3 Å². The SMILES string of the molecule is CC(=O)c1ccc(C(=O)N(CC(=O)O)CC(C)C)cc1. The fraction of sp³-hybridized carbons (Fsp3) is 0.400. The molecule has 1 aromatic carbocycles. The second-order valence-electron chi connectivity index (χ2n) is 5.11. The summed E-state index contributed by atoms with van der Waals surface area (Å²) < 4.78 is 0. The van der Waals surface area contributed by atoms with Crippen molar-refractivity contribution in [3.05, 3.63) is 35.4 Å². The molecule has 0 radical (unpaired) electrons. The van der Waals surface area contributed by atoms with Crippen LogP contribution in [0.4, 0.5) is 0 Å². The Bertz CT molecular complexity index is 505. The molecule has 0 saturated carbocycles. The van der Waals surface area contributed by atoms with Crippen LogP contribution in [0.2, 0.25) is 0 Å². The van der Waals surface area contributed by atoms with E-state index in [9.17, 15) is 14.4 Å². The first-order valence-electron chi connectivity index (χ1n) is 6.43. The zero-order valence-electron chi connectivity index (χ0n) is 11.9. The number of nitrogens with zero attached hydrogens (tertiary/aromatic N) is 1. The standard InChI is InChI=1S/C15H19NO4/c1-10(2)8-16(9-14(18)19)15(20)13-6-4-12(5-7-13)11(3)17/h4-7,10H,8-9H2,1-3H3,(H,18,19). The van der Waals surface area contributed by atoms with Crippen LogP contribution in [0.25, 0.3) is 0 Å². The van der Waals surface area contributed by atoms with Crippen LogP contribution in [0.1, 0.15) is 41.5 Å². The summed E-state index contributed by atoms with van der Waals surface area (Å²) in [7, 11) is 0. The number of Topliss-reactive ketones (excluding diaryl/α,β-unsaturated/α-hetero) is 1. The number of carbonyl (C=O) groups excluding carboxylic acids is 2. The molecule has 0 bridgehead atoms. The smallest absolute Gasteiger partial charge is 0.323 e. The number of benzene rings is 1. The molecular formula is C15H19NO4. The van der Waals surface area contributed by atoms with Crippen molar-refractivity contribution in [2.75, 3.05) is 13.1 Å². The molecule has 5 nitrogen and oxygen atoms in total. The molecule has 1 N–H and O–H groups in total. The van der Waals surface area contributed by atoms with Crippen molar-refractivity contribution in [2.45, 2.75) is 20.8 Å². The third-order valence-corrected chi connectivity index (χ3v) is 2.74. The van der Waals surface area contributed by atoms with E-state index in [-0.39, 0.29) is 24.2 Å². The van der Waals surface area contributed by atoms with E-state index in [4.69, 9.17) is 5.11 Å². The molecule has 0 atom stereocenters. The van der Waals surface area contributed by atoms with Crippen molar-refractivity contribution in [3.63, 3.8) is 0 Å². The second-order valence-corrected chi connectivity index (χ2v) is 5.11. The average Bonchev–Trinajstić information content (AvgIpc) is 2.36. The third-order valence-electron chi connectivity index (χ3n) is 2.74. The summed E-state index contributed by atoms with van der Waals surface area (Å²) in [6.07, 6.45) is 0. The lowest BCUT2D eigenvalue weighted by atomic mass is 10.1. The van der Waals surface area contributed by atoms with E-state index in [2.05, 4.69) is 0 Å². The van der Waals surface area contributed by atoms with Crippen molar-refractivity contribution in [3.8, 4) is 0 Å². The molecule has 1 rings (SSSR count). The second kappa shape index (κ2) is 6.84. The number of hydrogen-bond acceptors (Lipinski definition) is 3. The summed E-state index contributed by atoms with van der Waals surface area (Å²) >= 11 is 0. The molecule has 0 spiro atoms. The summed E-state index contributed by atoms with van der Waals surface area (Å²) in [5.74, 6) is -1.28. The van der Waals surface area contributed by atoms with E-state index in [1.165, 1.54) is 11.8 Å².